The zero-order chi connectivity index (χ0) is 20.2. The number of hydrogen-bond donors (Lipinski definition) is 0. The second-order valence-corrected chi connectivity index (χ2v) is 9.92. The van der Waals surface area contributed by atoms with Crippen LogP contribution in [0.2, 0.25) is 0 Å². The van der Waals surface area contributed by atoms with Crippen LogP contribution in [-0.2, 0) is 21.9 Å². The Morgan fingerprint density at radius 3 is 2.54 bits per heavy atom. The zero-order valence-electron chi connectivity index (χ0n) is 16.7. The molecule has 0 spiro atoms. The van der Waals surface area contributed by atoms with E-state index in [1.54, 1.807) is 28.9 Å². The third-order valence-corrected chi connectivity index (χ3v) is 8.15. The molecule has 2 fully saturated rings. The highest BCUT2D eigenvalue weighted by molar-refractivity contribution is 7.89. The molecule has 3 heterocycles. The summed E-state index contributed by atoms with van der Waals surface area (Å²) in [6.45, 7) is 5.19. The van der Waals surface area contributed by atoms with Crippen LogP contribution in [0.4, 0.5) is 0 Å². The summed E-state index contributed by atoms with van der Waals surface area (Å²) >= 11 is 0. The molecule has 2 atom stereocenters. The van der Waals surface area contributed by atoms with E-state index >= 15 is 0 Å². The van der Waals surface area contributed by atoms with E-state index in [4.69, 9.17) is 0 Å². The Morgan fingerprint density at radius 1 is 1.11 bits per heavy atom. The molecule has 0 unspecified atom stereocenters. The fourth-order valence-corrected chi connectivity index (χ4v) is 6.27. The number of benzene rings is 1. The lowest BCUT2D eigenvalue weighted by Crippen LogP contribution is -2.42. The highest BCUT2D eigenvalue weighted by atomic mass is 32.2. The first kappa shape index (κ1) is 19.1. The van der Waals surface area contributed by atoms with Crippen molar-refractivity contribution in [3.8, 4) is 11.3 Å². The minimum Gasteiger partial charge on any atom is -0.345 e. The van der Waals surface area contributed by atoms with E-state index in [9.17, 15) is 13.2 Å². The maximum atomic E-state index is 13.5. The number of amides is 1. The second kappa shape index (κ2) is 6.70. The summed E-state index contributed by atoms with van der Waals surface area (Å²) in [5.74, 6) is -0.0539. The number of rotatable bonds is 3. The van der Waals surface area contributed by atoms with Crippen molar-refractivity contribution in [1.82, 2.24) is 19.0 Å². The van der Waals surface area contributed by atoms with E-state index in [-0.39, 0.29) is 24.3 Å². The minimum atomic E-state index is -3.68. The summed E-state index contributed by atoms with van der Waals surface area (Å²) in [6.07, 6.45) is 2.56. The number of fused-ring (bicyclic) bond motifs is 1. The Bertz CT molecular complexity index is 1040. The topological polar surface area (TPSA) is 75.5 Å². The number of aromatic nitrogens is 2. The van der Waals surface area contributed by atoms with Crippen LogP contribution in [-0.4, -0.2) is 60.0 Å². The summed E-state index contributed by atoms with van der Waals surface area (Å²) in [7, 11) is -0.0438. The van der Waals surface area contributed by atoms with Gasteiger partial charge in [-0.1, -0.05) is 6.07 Å². The lowest BCUT2D eigenvalue weighted by atomic mass is 9.88. The summed E-state index contributed by atoms with van der Waals surface area (Å²) in [4.78, 5) is 14.5. The molecule has 0 N–H and O–H groups in total. The van der Waals surface area contributed by atoms with Crippen LogP contribution >= 0.6 is 0 Å². The van der Waals surface area contributed by atoms with Gasteiger partial charge in [-0.05, 0) is 49.4 Å². The highest BCUT2D eigenvalue weighted by Gasteiger charge is 2.46. The van der Waals surface area contributed by atoms with Crippen molar-refractivity contribution in [1.29, 1.82) is 0 Å². The van der Waals surface area contributed by atoms with Crippen molar-refractivity contribution in [3.63, 3.8) is 0 Å². The van der Waals surface area contributed by atoms with Gasteiger partial charge in [-0.2, -0.15) is 9.40 Å². The maximum absolute atomic E-state index is 13.5. The van der Waals surface area contributed by atoms with Gasteiger partial charge in [-0.25, -0.2) is 8.42 Å². The van der Waals surface area contributed by atoms with Crippen molar-refractivity contribution >= 4 is 15.9 Å². The van der Waals surface area contributed by atoms with E-state index in [1.165, 1.54) is 4.31 Å². The fraction of sp³-hybridized carbons (Fsp3) is 0.500. The molecular formula is C20H26N4O3S. The third kappa shape index (κ3) is 2.95. The van der Waals surface area contributed by atoms with Gasteiger partial charge in [0.05, 0.1) is 16.5 Å². The molecule has 1 amide bonds. The van der Waals surface area contributed by atoms with Gasteiger partial charge in [0, 0.05) is 45.5 Å². The predicted octanol–water partition coefficient (Wildman–Crippen LogP) is 1.80. The van der Waals surface area contributed by atoms with E-state index in [1.807, 2.05) is 33.0 Å². The van der Waals surface area contributed by atoms with Crippen LogP contribution in [0.5, 0.6) is 0 Å². The average Bonchev–Trinajstić information content (AvgIpc) is 3.25. The Kier molecular flexibility index (Phi) is 4.58. The van der Waals surface area contributed by atoms with Crippen molar-refractivity contribution < 1.29 is 13.2 Å². The van der Waals surface area contributed by atoms with Crippen LogP contribution < -0.4 is 0 Å². The Hall–Kier alpha value is -2.19. The first-order valence-electron chi connectivity index (χ1n) is 9.55. The zero-order valence-corrected chi connectivity index (χ0v) is 17.5. The molecule has 2 aliphatic rings. The lowest BCUT2D eigenvalue weighted by Gasteiger charge is -2.30. The second-order valence-electron chi connectivity index (χ2n) is 8.01. The van der Waals surface area contributed by atoms with Gasteiger partial charge in [-0.15, -0.1) is 0 Å². The molecule has 2 aliphatic heterocycles. The molecule has 2 saturated heterocycles. The average molecular weight is 403 g/mol. The number of aryl methyl sites for hydroxylation is 3. The molecule has 150 valence electrons. The summed E-state index contributed by atoms with van der Waals surface area (Å²) in [5.41, 5.74) is 3.46. The molecule has 28 heavy (non-hydrogen) atoms. The number of piperidine rings is 1. The van der Waals surface area contributed by atoms with Crippen molar-refractivity contribution in [3.05, 3.63) is 35.5 Å². The smallest absolute Gasteiger partial charge is 0.243 e. The molecule has 8 heteroatoms. The normalized spacial score (nSPS) is 23.3. The number of carbonyl (C=O) groups excluding carboxylic acids is 1. The molecule has 0 bridgehead atoms. The SMILES string of the molecule is Cc1cc(C)c(S(=O)(=O)N2C[C@H]3CCN(C)C(=O)[C@H]3C2)cc1-c1ccnn1C. The van der Waals surface area contributed by atoms with E-state index < -0.39 is 10.0 Å². The van der Waals surface area contributed by atoms with Crippen molar-refractivity contribution in [2.75, 3.05) is 26.7 Å². The molecule has 0 radical (unpaired) electrons. The largest absolute Gasteiger partial charge is 0.345 e. The summed E-state index contributed by atoms with van der Waals surface area (Å²) in [5, 5.41) is 4.20. The number of nitrogens with zero attached hydrogens (tertiary/aromatic N) is 4. The molecule has 0 saturated carbocycles. The quantitative estimate of drug-likeness (QED) is 0.785. The molecule has 2 aromatic rings. The van der Waals surface area contributed by atoms with E-state index in [2.05, 4.69) is 5.10 Å². The monoisotopic (exact) mass is 402 g/mol. The molecule has 1 aromatic heterocycles. The third-order valence-electron chi connectivity index (χ3n) is 6.17. The first-order chi connectivity index (χ1) is 13.2. The predicted molar refractivity (Wildman–Crippen MR) is 106 cm³/mol. The van der Waals surface area contributed by atoms with Crippen LogP contribution in [0.25, 0.3) is 11.3 Å². The van der Waals surface area contributed by atoms with E-state index in [0.717, 1.165) is 28.8 Å². The summed E-state index contributed by atoms with van der Waals surface area (Å²) < 4.78 is 30.2. The maximum Gasteiger partial charge on any atom is 0.243 e. The van der Waals surface area contributed by atoms with Crippen LogP contribution in [0.3, 0.4) is 0 Å². The van der Waals surface area contributed by atoms with Gasteiger partial charge in [0.2, 0.25) is 15.9 Å². The lowest BCUT2D eigenvalue weighted by molar-refractivity contribution is -0.137. The number of likely N-dealkylation sites (tertiary alicyclic amines) is 1. The molecule has 0 aliphatic carbocycles. The standard InChI is InChI=1S/C20H26N4O3S/c1-13-9-14(2)19(10-16(13)18-5-7-21-23(18)4)28(26,27)24-11-15-6-8-22(3)20(25)17(15)12-24/h5,7,9-10,15,17H,6,8,11-12H2,1-4H3/t15-,17+/m1/s1. The molecule has 1 aromatic carbocycles. The van der Waals surface area contributed by atoms with Gasteiger partial charge in [-0.3, -0.25) is 9.48 Å². The van der Waals surface area contributed by atoms with Crippen LogP contribution in [0, 0.1) is 25.7 Å². The number of hydrogen-bond acceptors (Lipinski definition) is 4. The first-order valence-corrected chi connectivity index (χ1v) is 11.0. The van der Waals surface area contributed by atoms with E-state index in [0.29, 0.717) is 18.0 Å². The Balaban J connectivity index is 1.72. The van der Waals surface area contributed by atoms with Gasteiger partial charge in [0.1, 0.15) is 0 Å². The van der Waals surface area contributed by atoms with Crippen molar-refractivity contribution in [2.24, 2.45) is 18.9 Å². The van der Waals surface area contributed by atoms with Crippen LogP contribution in [0.15, 0.2) is 29.3 Å². The number of sulfonamides is 1. The van der Waals surface area contributed by atoms with Gasteiger partial charge < -0.3 is 4.90 Å². The highest BCUT2D eigenvalue weighted by Crippen LogP contribution is 2.36. The number of carbonyl (C=O) groups is 1. The van der Waals surface area contributed by atoms with Crippen molar-refractivity contribution in [2.45, 2.75) is 25.2 Å². The van der Waals surface area contributed by atoms with Crippen LogP contribution in [0.1, 0.15) is 17.5 Å². The molecule has 7 nitrogen and oxygen atoms in total. The fourth-order valence-electron chi connectivity index (χ4n) is 4.52. The van der Waals surface area contributed by atoms with Gasteiger partial charge in [0.25, 0.3) is 0 Å². The van der Waals surface area contributed by atoms with Gasteiger partial charge in [0.15, 0.2) is 0 Å². The molecule has 4 rings (SSSR count). The minimum absolute atomic E-state index is 0.0603. The Morgan fingerprint density at radius 2 is 1.86 bits per heavy atom. The summed E-state index contributed by atoms with van der Waals surface area (Å²) in [6, 6.07) is 5.55. The Labute approximate surface area is 166 Å². The molecular weight excluding hydrogens is 376 g/mol. The van der Waals surface area contributed by atoms with Gasteiger partial charge >= 0.3 is 0 Å².